The summed E-state index contributed by atoms with van der Waals surface area (Å²) in [6, 6.07) is 11.3. The van der Waals surface area contributed by atoms with E-state index in [1.807, 2.05) is 23.0 Å². The van der Waals surface area contributed by atoms with Crippen molar-refractivity contribution in [1.82, 2.24) is 15.3 Å². The summed E-state index contributed by atoms with van der Waals surface area (Å²) >= 11 is 3.52. The summed E-state index contributed by atoms with van der Waals surface area (Å²) in [4.78, 5) is 11.6. The summed E-state index contributed by atoms with van der Waals surface area (Å²) in [5.41, 5.74) is 5.12. The number of thiazole rings is 1. The van der Waals surface area contributed by atoms with E-state index in [1.54, 1.807) is 11.3 Å². The van der Waals surface area contributed by atoms with Crippen molar-refractivity contribution in [3.8, 4) is 0 Å². The molecule has 0 saturated carbocycles. The van der Waals surface area contributed by atoms with Gasteiger partial charge in [-0.1, -0.05) is 6.42 Å². The fourth-order valence-corrected chi connectivity index (χ4v) is 5.87. The molecule has 2 atom stereocenters. The molecule has 1 fully saturated rings. The summed E-state index contributed by atoms with van der Waals surface area (Å²) in [7, 11) is 0. The largest absolute Gasteiger partial charge is 0.355 e. The Morgan fingerprint density at radius 2 is 2.11 bits per heavy atom. The number of hydrogen-bond acceptors (Lipinski definition) is 6. The van der Waals surface area contributed by atoms with Crippen LogP contribution < -0.4 is 10.6 Å². The molecule has 1 saturated heterocycles. The van der Waals surface area contributed by atoms with Crippen molar-refractivity contribution in [3.05, 3.63) is 46.9 Å². The lowest BCUT2D eigenvalue weighted by Crippen LogP contribution is -2.30. The van der Waals surface area contributed by atoms with Crippen LogP contribution in [0.5, 0.6) is 0 Å². The Kier molecular flexibility index (Phi) is 4.55. The van der Waals surface area contributed by atoms with Crippen molar-refractivity contribution in [3.63, 3.8) is 0 Å². The van der Waals surface area contributed by atoms with E-state index in [4.69, 9.17) is 0 Å². The maximum Gasteiger partial charge on any atom is 0.125 e. The van der Waals surface area contributed by atoms with Crippen molar-refractivity contribution in [1.29, 1.82) is 0 Å². The van der Waals surface area contributed by atoms with Gasteiger partial charge in [0.15, 0.2) is 0 Å². The quantitative estimate of drug-likeness (QED) is 0.454. The van der Waals surface area contributed by atoms with Gasteiger partial charge < -0.3 is 10.6 Å². The number of aromatic nitrogens is 2. The summed E-state index contributed by atoms with van der Waals surface area (Å²) < 4.78 is 1.22. The second-order valence-electron chi connectivity index (χ2n) is 7.23. The molecule has 27 heavy (non-hydrogen) atoms. The first kappa shape index (κ1) is 17.1. The van der Waals surface area contributed by atoms with Gasteiger partial charge in [0, 0.05) is 34.1 Å². The number of rotatable bonds is 3. The molecule has 1 aromatic carbocycles. The normalized spacial score (nSPS) is 20.8. The lowest BCUT2D eigenvalue weighted by molar-refractivity contribution is 0.488. The third kappa shape index (κ3) is 3.33. The average molecular weight is 395 g/mol. The lowest BCUT2D eigenvalue weighted by atomic mass is 9.94. The molecule has 0 radical (unpaired) electrons. The number of nitrogens with one attached hydrogen (secondary N) is 2. The van der Waals surface area contributed by atoms with Crippen molar-refractivity contribution in [2.45, 2.75) is 38.1 Å². The molecule has 2 N–H and O–H groups in total. The molecule has 6 heteroatoms. The molecule has 0 unspecified atom stereocenters. The minimum Gasteiger partial charge on any atom is -0.355 e. The van der Waals surface area contributed by atoms with Crippen LogP contribution in [0, 0.1) is 0 Å². The zero-order valence-corrected chi connectivity index (χ0v) is 16.9. The Bertz CT molecular complexity index is 1080. The highest BCUT2D eigenvalue weighted by molar-refractivity contribution is 7.18. The van der Waals surface area contributed by atoms with Crippen molar-refractivity contribution in [2.24, 2.45) is 0 Å². The number of fused-ring (bicyclic) bond motifs is 2. The smallest absolute Gasteiger partial charge is 0.125 e. The minimum atomic E-state index is 0.518. The molecule has 3 aromatic heterocycles. The van der Waals surface area contributed by atoms with Crippen LogP contribution in [0.1, 0.15) is 37.0 Å². The van der Waals surface area contributed by atoms with E-state index < -0.39 is 0 Å². The summed E-state index contributed by atoms with van der Waals surface area (Å²) in [5, 5.41) is 8.47. The van der Waals surface area contributed by atoms with Crippen molar-refractivity contribution >= 4 is 54.5 Å². The molecule has 0 bridgehead atoms. The second kappa shape index (κ2) is 7.19. The SMILES string of the molecule is C[C@H]1NCCCC[C@H]1c1cc2c(Nc3ccc4scnc4c3)ccnc2s1. The van der Waals surface area contributed by atoms with Gasteiger partial charge in [-0.3, -0.25) is 0 Å². The number of benzene rings is 1. The molecule has 1 aliphatic rings. The Morgan fingerprint density at radius 1 is 1.15 bits per heavy atom. The van der Waals surface area contributed by atoms with Crippen LogP contribution in [-0.2, 0) is 0 Å². The predicted octanol–water partition coefficient (Wildman–Crippen LogP) is 5.90. The molecule has 4 aromatic rings. The van der Waals surface area contributed by atoms with E-state index in [1.165, 1.54) is 34.2 Å². The molecule has 0 aliphatic carbocycles. The topological polar surface area (TPSA) is 49.8 Å². The second-order valence-corrected chi connectivity index (χ2v) is 9.18. The van der Waals surface area contributed by atoms with Crippen LogP contribution in [0.2, 0.25) is 0 Å². The van der Waals surface area contributed by atoms with E-state index in [2.05, 4.69) is 57.9 Å². The van der Waals surface area contributed by atoms with Crippen LogP contribution >= 0.6 is 22.7 Å². The van der Waals surface area contributed by atoms with Crippen LogP contribution in [0.3, 0.4) is 0 Å². The molecular formula is C21H22N4S2. The first-order chi connectivity index (χ1) is 13.3. The Morgan fingerprint density at radius 3 is 3.07 bits per heavy atom. The fraction of sp³-hybridized carbons (Fsp3) is 0.333. The first-order valence-corrected chi connectivity index (χ1v) is 11.2. The van der Waals surface area contributed by atoms with Gasteiger partial charge in [-0.2, -0.15) is 0 Å². The standard InChI is InChI=1S/C21H22N4S2/c1-13-15(4-2-3-8-22-13)20-11-16-17(7-9-23-21(16)27-20)25-14-5-6-19-18(10-14)24-12-26-19/h5-7,9-13,15,22H,2-4,8H2,1H3,(H,23,25)/t13-,15-/m1/s1. The fourth-order valence-electron chi connectivity index (χ4n) is 3.94. The summed E-state index contributed by atoms with van der Waals surface area (Å²) in [6.07, 6.45) is 5.73. The number of nitrogens with zero attached hydrogens (tertiary/aromatic N) is 2. The highest BCUT2D eigenvalue weighted by Crippen LogP contribution is 2.38. The maximum absolute atomic E-state index is 4.64. The van der Waals surface area contributed by atoms with Crippen molar-refractivity contribution < 1.29 is 0 Å². The number of thiophene rings is 1. The van der Waals surface area contributed by atoms with Gasteiger partial charge in [-0.25, -0.2) is 9.97 Å². The number of pyridine rings is 1. The van der Waals surface area contributed by atoms with Crippen LogP contribution in [0.4, 0.5) is 11.4 Å². The third-order valence-electron chi connectivity index (χ3n) is 5.44. The van der Waals surface area contributed by atoms with Crippen LogP contribution in [0.15, 0.2) is 42.0 Å². The van der Waals surface area contributed by atoms with E-state index in [-0.39, 0.29) is 0 Å². The summed E-state index contributed by atoms with van der Waals surface area (Å²) in [6.45, 7) is 3.45. The predicted molar refractivity (Wildman–Crippen MR) is 117 cm³/mol. The molecule has 0 amide bonds. The molecule has 4 heterocycles. The van der Waals surface area contributed by atoms with Crippen LogP contribution in [0.25, 0.3) is 20.4 Å². The zero-order valence-electron chi connectivity index (χ0n) is 15.2. The average Bonchev–Trinajstić information content (AvgIpc) is 3.26. The van der Waals surface area contributed by atoms with Gasteiger partial charge in [0.05, 0.1) is 21.4 Å². The Balaban J connectivity index is 1.50. The first-order valence-electron chi connectivity index (χ1n) is 9.50. The van der Waals surface area contributed by atoms with E-state index in [9.17, 15) is 0 Å². The Labute approximate surface area is 166 Å². The van der Waals surface area contributed by atoms with E-state index >= 15 is 0 Å². The number of hydrogen-bond donors (Lipinski definition) is 2. The molecular weight excluding hydrogens is 372 g/mol. The van der Waals surface area contributed by atoms with Crippen LogP contribution in [-0.4, -0.2) is 22.6 Å². The van der Waals surface area contributed by atoms with Gasteiger partial charge in [-0.15, -0.1) is 22.7 Å². The van der Waals surface area contributed by atoms with Gasteiger partial charge in [0.25, 0.3) is 0 Å². The highest BCUT2D eigenvalue weighted by atomic mass is 32.1. The van der Waals surface area contributed by atoms with Gasteiger partial charge in [-0.05, 0) is 56.6 Å². The molecule has 4 nitrogen and oxygen atoms in total. The minimum absolute atomic E-state index is 0.518. The van der Waals surface area contributed by atoms with Gasteiger partial charge >= 0.3 is 0 Å². The third-order valence-corrected chi connectivity index (χ3v) is 7.43. The molecule has 138 valence electrons. The highest BCUT2D eigenvalue weighted by Gasteiger charge is 2.23. The van der Waals surface area contributed by atoms with Gasteiger partial charge in [0.2, 0.25) is 0 Å². The summed E-state index contributed by atoms with van der Waals surface area (Å²) in [5.74, 6) is 0.575. The molecule has 0 spiro atoms. The van der Waals surface area contributed by atoms with Gasteiger partial charge in [0.1, 0.15) is 4.83 Å². The lowest BCUT2D eigenvalue weighted by Gasteiger charge is -2.20. The molecule has 5 rings (SSSR count). The Hall–Kier alpha value is -2.02. The monoisotopic (exact) mass is 394 g/mol. The molecule has 1 aliphatic heterocycles. The maximum atomic E-state index is 4.64. The van der Waals surface area contributed by atoms with E-state index in [0.717, 1.165) is 28.3 Å². The van der Waals surface area contributed by atoms with Crippen molar-refractivity contribution in [2.75, 3.05) is 11.9 Å². The van der Waals surface area contributed by atoms with E-state index in [0.29, 0.717) is 12.0 Å². The zero-order chi connectivity index (χ0) is 18.2. The number of anilines is 2.